The number of rotatable bonds is 8. The van der Waals surface area contributed by atoms with Gasteiger partial charge in [-0.15, -0.1) is 0 Å². The van der Waals surface area contributed by atoms with Crippen molar-refractivity contribution >= 4 is 23.0 Å². The van der Waals surface area contributed by atoms with Crippen molar-refractivity contribution < 1.29 is 14.5 Å². The van der Waals surface area contributed by atoms with E-state index in [1.165, 1.54) is 38.5 Å². The lowest BCUT2D eigenvalue weighted by Crippen LogP contribution is -2.53. The second kappa shape index (κ2) is 10.4. The monoisotopic (exact) mass is 532 g/mol. The van der Waals surface area contributed by atoms with Crippen LogP contribution in [0.15, 0.2) is 42.5 Å². The van der Waals surface area contributed by atoms with E-state index in [2.05, 4.69) is 17.1 Å². The summed E-state index contributed by atoms with van der Waals surface area (Å²) < 4.78 is 5.49. The van der Waals surface area contributed by atoms with Crippen molar-refractivity contribution in [1.29, 1.82) is 0 Å². The number of anilines is 2. The number of nitrogens with zero attached hydrogens (tertiary/aromatic N) is 3. The van der Waals surface area contributed by atoms with Gasteiger partial charge in [-0.1, -0.05) is 0 Å². The molecule has 7 rings (SSSR count). The molecule has 5 fully saturated rings. The molecule has 5 aliphatic rings. The summed E-state index contributed by atoms with van der Waals surface area (Å²) in [5, 5.41) is 15.6. The number of ether oxygens (including phenoxy) is 1. The van der Waals surface area contributed by atoms with E-state index in [-0.39, 0.29) is 28.0 Å². The predicted molar refractivity (Wildman–Crippen MR) is 153 cm³/mol. The number of nitrogens with one attached hydrogen (secondary N) is 1. The molecule has 4 saturated carbocycles. The lowest BCUT2D eigenvalue weighted by Gasteiger charge is -2.59. The molecule has 1 saturated heterocycles. The lowest BCUT2D eigenvalue weighted by molar-refractivity contribution is -0.384. The third-order valence-electron chi connectivity index (χ3n) is 9.90. The Morgan fingerprint density at radius 2 is 1.64 bits per heavy atom. The summed E-state index contributed by atoms with van der Waals surface area (Å²) in [7, 11) is 0. The highest BCUT2D eigenvalue weighted by Gasteiger charge is 2.53. The maximum absolute atomic E-state index is 13.1. The Labute approximate surface area is 230 Å². The molecule has 1 aliphatic heterocycles. The summed E-state index contributed by atoms with van der Waals surface area (Å²) in [6, 6.07) is 13.0. The molecular weight excluding hydrogens is 492 g/mol. The first-order chi connectivity index (χ1) is 18.8. The number of hydrogen-bond acceptors (Lipinski definition) is 6. The molecule has 1 heterocycles. The van der Waals surface area contributed by atoms with Gasteiger partial charge in [0.1, 0.15) is 11.4 Å². The van der Waals surface area contributed by atoms with Gasteiger partial charge in [0.25, 0.3) is 11.6 Å². The summed E-state index contributed by atoms with van der Waals surface area (Å²) in [5.74, 6) is 3.29. The smallest absolute Gasteiger partial charge is 0.292 e. The van der Waals surface area contributed by atoms with E-state index in [0.29, 0.717) is 44.0 Å². The van der Waals surface area contributed by atoms with E-state index in [1.807, 2.05) is 48.2 Å². The molecule has 2 aromatic carbocycles. The zero-order valence-electron chi connectivity index (χ0n) is 23.1. The average Bonchev–Trinajstić information content (AvgIpc) is 2.92. The van der Waals surface area contributed by atoms with Crippen LogP contribution in [0, 0.1) is 33.3 Å². The first kappa shape index (κ1) is 26.0. The Morgan fingerprint density at radius 3 is 2.21 bits per heavy atom. The van der Waals surface area contributed by atoms with Crippen molar-refractivity contribution in [3.8, 4) is 5.75 Å². The van der Waals surface area contributed by atoms with Crippen molar-refractivity contribution in [2.24, 2.45) is 23.2 Å². The zero-order valence-corrected chi connectivity index (χ0v) is 23.1. The van der Waals surface area contributed by atoms with Crippen LogP contribution in [0.4, 0.5) is 17.1 Å². The van der Waals surface area contributed by atoms with Crippen LogP contribution in [0.5, 0.6) is 5.75 Å². The standard InChI is InChI=1S/C31H40N4O4/c1-3-39-27-7-4-25(5-8-27)30(36)34-12-10-33(11-13-34)26-6-9-29(35(37)38)28(17-26)32-21(2)31-18-22-14-23(19-31)16-24(15-22)20-31/h4-9,17,21-24,32H,3,10-16,18-20H2,1-2H3/t21-,22?,23?,24?,31?/m1/s1. The van der Waals surface area contributed by atoms with Gasteiger partial charge in [-0.25, -0.2) is 0 Å². The van der Waals surface area contributed by atoms with Gasteiger partial charge in [0.05, 0.1) is 11.5 Å². The van der Waals surface area contributed by atoms with E-state index in [0.717, 1.165) is 29.2 Å². The Balaban J connectivity index is 1.13. The van der Waals surface area contributed by atoms with Crippen LogP contribution < -0.4 is 15.0 Å². The van der Waals surface area contributed by atoms with Gasteiger partial charge in [0.2, 0.25) is 0 Å². The van der Waals surface area contributed by atoms with Crippen LogP contribution in [-0.4, -0.2) is 54.6 Å². The highest BCUT2D eigenvalue weighted by Crippen LogP contribution is 2.61. The van der Waals surface area contributed by atoms with Gasteiger partial charge in [-0.05, 0) is 112 Å². The van der Waals surface area contributed by atoms with Crippen molar-refractivity contribution in [2.75, 3.05) is 43.0 Å². The van der Waals surface area contributed by atoms with E-state index < -0.39 is 0 Å². The summed E-state index contributed by atoms with van der Waals surface area (Å²) >= 11 is 0. The number of carbonyl (C=O) groups is 1. The first-order valence-corrected chi connectivity index (χ1v) is 14.7. The second-order valence-electron chi connectivity index (χ2n) is 12.3. The minimum absolute atomic E-state index is 0.0214. The predicted octanol–water partition coefficient (Wildman–Crippen LogP) is 5.97. The molecule has 0 radical (unpaired) electrons. The molecular formula is C31H40N4O4. The Kier molecular flexibility index (Phi) is 6.89. The minimum Gasteiger partial charge on any atom is -0.494 e. The molecule has 1 amide bonds. The molecule has 8 heteroatoms. The van der Waals surface area contributed by atoms with Crippen LogP contribution >= 0.6 is 0 Å². The third kappa shape index (κ3) is 5.06. The number of hydrogen-bond donors (Lipinski definition) is 1. The van der Waals surface area contributed by atoms with Gasteiger partial charge in [-0.3, -0.25) is 14.9 Å². The molecule has 4 bridgehead atoms. The Morgan fingerprint density at radius 1 is 1.03 bits per heavy atom. The van der Waals surface area contributed by atoms with Crippen molar-refractivity contribution in [1.82, 2.24) is 4.90 Å². The van der Waals surface area contributed by atoms with E-state index >= 15 is 0 Å². The maximum atomic E-state index is 13.1. The van der Waals surface area contributed by atoms with Crippen LogP contribution in [0.1, 0.15) is 62.7 Å². The highest BCUT2D eigenvalue weighted by atomic mass is 16.6. The zero-order chi connectivity index (χ0) is 27.1. The second-order valence-corrected chi connectivity index (χ2v) is 12.3. The van der Waals surface area contributed by atoms with Gasteiger partial charge >= 0.3 is 0 Å². The fourth-order valence-corrected chi connectivity index (χ4v) is 8.30. The van der Waals surface area contributed by atoms with Crippen LogP contribution in [0.3, 0.4) is 0 Å². The normalized spacial score (nSPS) is 28.3. The molecule has 39 heavy (non-hydrogen) atoms. The molecule has 208 valence electrons. The van der Waals surface area contributed by atoms with E-state index in [9.17, 15) is 14.9 Å². The topological polar surface area (TPSA) is 88.0 Å². The molecule has 0 unspecified atom stereocenters. The first-order valence-electron chi connectivity index (χ1n) is 14.7. The number of carbonyl (C=O) groups excluding carboxylic acids is 1. The van der Waals surface area contributed by atoms with Gasteiger partial charge < -0.3 is 19.9 Å². The summed E-state index contributed by atoms with van der Waals surface area (Å²) in [6.45, 7) is 7.36. The third-order valence-corrected chi connectivity index (χ3v) is 9.90. The molecule has 4 aliphatic carbocycles. The fourth-order valence-electron chi connectivity index (χ4n) is 8.30. The van der Waals surface area contributed by atoms with Gasteiger partial charge in [0, 0.05) is 49.5 Å². The summed E-state index contributed by atoms with van der Waals surface area (Å²) in [5.41, 5.74) is 2.64. The Bertz CT molecular complexity index is 1190. The number of nitro groups is 1. The minimum atomic E-state index is -0.272. The molecule has 8 nitrogen and oxygen atoms in total. The molecule has 1 atom stereocenters. The number of benzene rings is 2. The summed E-state index contributed by atoms with van der Waals surface area (Å²) in [6.07, 6.45) is 7.92. The van der Waals surface area contributed by atoms with E-state index in [1.54, 1.807) is 6.07 Å². The highest BCUT2D eigenvalue weighted by molar-refractivity contribution is 5.94. The van der Waals surface area contributed by atoms with Crippen LogP contribution in [-0.2, 0) is 0 Å². The average molecular weight is 533 g/mol. The van der Waals surface area contributed by atoms with E-state index in [4.69, 9.17) is 4.74 Å². The van der Waals surface area contributed by atoms with Crippen molar-refractivity contribution in [2.45, 2.75) is 58.4 Å². The van der Waals surface area contributed by atoms with Gasteiger partial charge in [0.15, 0.2) is 0 Å². The maximum Gasteiger partial charge on any atom is 0.292 e. The summed E-state index contributed by atoms with van der Waals surface area (Å²) in [4.78, 5) is 28.8. The quantitative estimate of drug-likeness (QED) is 0.333. The fraction of sp³-hybridized carbons (Fsp3) is 0.581. The molecule has 0 spiro atoms. The SMILES string of the molecule is CCOc1ccc(C(=O)N2CCN(c3ccc([N+](=O)[O-])c(N[C@H](C)C45CC6CC(CC(C6)C4)C5)c3)CC2)cc1. The number of amides is 1. The molecule has 2 aromatic rings. The largest absolute Gasteiger partial charge is 0.494 e. The molecule has 1 N–H and O–H groups in total. The Hall–Kier alpha value is -3.29. The number of nitro benzene ring substituents is 1. The molecule has 0 aromatic heterocycles. The number of piperazine rings is 1. The van der Waals surface area contributed by atoms with Crippen molar-refractivity contribution in [3.05, 3.63) is 58.1 Å². The van der Waals surface area contributed by atoms with Crippen molar-refractivity contribution in [3.63, 3.8) is 0 Å². The lowest BCUT2D eigenvalue weighted by atomic mass is 9.48. The van der Waals surface area contributed by atoms with Gasteiger partial charge in [-0.2, -0.15) is 0 Å². The van der Waals surface area contributed by atoms with Crippen LogP contribution in [0.25, 0.3) is 0 Å². The van der Waals surface area contributed by atoms with Crippen LogP contribution in [0.2, 0.25) is 0 Å².